The SMILES string of the molecule is Cc1c(Br)ccc(NC(=O)[C@@H](Cc2ccccc2)NS(=O)(=O)c2ccc(I)cc2)c1C. The van der Waals surface area contributed by atoms with Crippen molar-refractivity contribution in [2.45, 2.75) is 31.2 Å². The number of carbonyl (C=O) groups excluding carboxylic acids is 1. The molecule has 0 aliphatic carbocycles. The highest BCUT2D eigenvalue weighted by Crippen LogP contribution is 2.26. The van der Waals surface area contributed by atoms with Crippen LogP contribution in [-0.4, -0.2) is 20.4 Å². The van der Waals surface area contributed by atoms with Gasteiger partial charge in [-0.05, 0) is 95.9 Å². The van der Waals surface area contributed by atoms with E-state index in [-0.39, 0.29) is 11.3 Å². The van der Waals surface area contributed by atoms with Crippen molar-refractivity contribution in [3.63, 3.8) is 0 Å². The Bertz CT molecular complexity index is 1180. The molecule has 0 spiro atoms. The second-order valence-electron chi connectivity index (χ2n) is 7.15. The van der Waals surface area contributed by atoms with Crippen LogP contribution in [0.2, 0.25) is 0 Å². The maximum atomic E-state index is 13.2. The van der Waals surface area contributed by atoms with Crippen LogP contribution < -0.4 is 10.0 Å². The fraction of sp³-hybridized carbons (Fsp3) is 0.174. The van der Waals surface area contributed by atoms with Gasteiger partial charge in [-0.25, -0.2) is 8.42 Å². The van der Waals surface area contributed by atoms with Gasteiger partial charge in [-0.2, -0.15) is 4.72 Å². The summed E-state index contributed by atoms with van der Waals surface area (Å²) in [5.41, 5.74) is 3.44. The Morgan fingerprint density at radius 1 is 0.968 bits per heavy atom. The number of halogens is 2. The summed E-state index contributed by atoms with van der Waals surface area (Å²) in [4.78, 5) is 13.3. The van der Waals surface area contributed by atoms with Gasteiger partial charge in [0.05, 0.1) is 4.90 Å². The predicted octanol–water partition coefficient (Wildman–Crippen LogP) is 5.20. The normalized spacial score (nSPS) is 12.4. The standard InChI is InChI=1S/C23H22BrIN2O3S/c1-15-16(2)21(13-12-20(15)24)26-23(28)22(14-17-6-4-3-5-7-17)27-31(29,30)19-10-8-18(25)9-11-19/h3-13,22,27H,14H2,1-2H3,(H,26,28)/t22-/m1/s1. The summed E-state index contributed by atoms with van der Waals surface area (Å²) >= 11 is 5.60. The second kappa shape index (κ2) is 10.2. The molecule has 0 aliphatic heterocycles. The molecule has 0 saturated heterocycles. The molecule has 1 amide bonds. The Kier molecular flexibility index (Phi) is 7.90. The van der Waals surface area contributed by atoms with Crippen molar-refractivity contribution in [3.8, 4) is 0 Å². The van der Waals surface area contributed by atoms with Crippen LogP contribution in [-0.2, 0) is 21.2 Å². The highest BCUT2D eigenvalue weighted by atomic mass is 127. The minimum absolute atomic E-state index is 0.120. The van der Waals surface area contributed by atoms with Gasteiger partial charge < -0.3 is 5.32 Å². The molecule has 0 fully saturated rings. The Morgan fingerprint density at radius 2 is 1.61 bits per heavy atom. The third kappa shape index (κ3) is 6.15. The van der Waals surface area contributed by atoms with E-state index in [4.69, 9.17) is 0 Å². The topological polar surface area (TPSA) is 75.3 Å². The average molecular weight is 613 g/mol. The minimum atomic E-state index is -3.88. The van der Waals surface area contributed by atoms with E-state index in [0.717, 1.165) is 24.7 Å². The van der Waals surface area contributed by atoms with E-state index in [0.29, 0.717) is 5.69 Å². The Morgan fingerprint density at radius 3 is 2.26 bits per heavy atom. The maximum Gasteiger partial charge on any atom is 0.242 e. The van der Waals surface area contributed by atoms with E-state index in [2.05, 4.69) is 48.6 Å². The van der Waals surface area contributed by atoms with E-state index < -0.39 is 22.0 Å². The molecule has 31 heavy (non-hydrogen) atoms. The summed E-state index contributed by atoms with van der Waals surface area (Å²) in [6.45, 7) is 3.87. The molecule has 2 N–H and O–H groups in total. The summed E-state index contributed by atoms with van der Waals surface area (Å²) in [7, 11) is -3.88. The molecule has 3 rings (SSSR count). The first kappa shape index (κ1) is 23.9. The maximum absolute atomic E-state index is 13.2. The summed E-state index contributed by atoms with van der Waals surface area (Å²) in [6.07, 6.45) is 0.227. The van der Waals surface area contributed by atoms with Crippen molar-refractivity contribution in [1.82, 2.24) is 4.72 Å². The third-order valence-electron chi connectivity index (χ3n) is 5.00. The van der Waals surface area contributed by atoms with Crippen LogP contribution in [0.1, 0.15) is 16.7 Å². The zero-order chi connectivity index (χ0) is 22.6. The monoisotopic (exact) mass is 612 g/mol. The van der Waals surface area contributed by atoms with E-state index >= 15 is 0 Å². The van der Waals surface area contributed by atoms with Gasteiger partial charge in [-0.3, -0.25) is 4.79 Å². The van der Waals surface area contributed by atoms with Crippen molar-refractivity contribution in [2.75, 3.05) is 5.32 Å². The number of hydrogen-bond acceptors (Lipinski definition) is 3. The molecule has 3 aromatic rings. The van der Waals surface area contributed by atoms with Crippen molar-refractivity contribution in [1.29, 1.82) is 0 Å². The molecule has 0 aromatic heterocycles. The quantitative estimate of drug-likeness (QED) is 0.360. The van der Waals surface area contributed by atoms with Gasteiger partial charge in [0.1, 0.15) is 6.04 Å². The number of anilines is 1. The first-order chi connectivity index (χ1) is 14.7. The fourth-order valence-electron chi connectivity index (χ4n) is 3.05. The zero-order valence-electron chi connectivity index (χ0n) is 17.0. The van der Waals surface area contributed by atoms with E-state index in [1.165, 1.54) is 12.1 Å². The Hall–Kier alpha value is -1.75. The lowest BCUT2D eigenvalue weighted by Crippen LogP contribution is -2.45. The van der Waals surface area contributed by atoms with Crippen molar-refractivity contribution < 1.29 is 13.2 Å². The van der Waals surface area contributed by atoms with Crippen LogP contribution in [0, 0.1) is 17.4 Å². The highest BCUT2D eigenvalue weighted by molar-refractivity contribution is 14.1. The molecule has 5 nitrogen and oxygen atoms in total. The molecule has 8 heteroatoms. The summed E-state index contributed by atoms with van der Waals surface area (Å²) in [6, 6.07) is 18.5. The number of carbonyl (C=O) groups is 1. The number of amides is 1. The smallest absolute Gasteiger partial charge is 0.242 e. The molecular weight excluding hydrogens is 591 g/mol. The Labute approximate surface area is 205 Å². The molecule has 162 valence electrons. The third-order valence-corrected chi connectivity index (χ3v) is 8.07. The minimum Gasteiger partial charge on any atom is -0.324 e. The fourth-order valence-corrected chi connectivity index (χ4v) is 5.03. The molecular formula is C23H22BrIN2O3S. The number of benzene rings is 3. The van der Waals surface area contributed by atoms with Gasteiger partial charge in [0, 0.05) is 13.7 Å². The number of hydrogen-bond donors (Lipinski definition) is 2. The van der Waals surface area contributed by atoms with Crippen LogP contribution in [0.3, 0.4) is 0 Å². The van der Waals surface area contributed by atoms with Crippen molar-refractivity contribution >= 4 is 60.1 Å². The van der Waals surface area contributed by atoms with Crippen LogP contribution in [0.15, 0.2) is 76.1 Å². The second-order valence-corrected chi connectivity index (χ2v) is 11.0. The summed E-state index contributed by atoms with van der Waals surface area (Å²) in [5, 5.41) is 2.89. The molecule has 1 atom stereocenters. The van der Waals surface area contributed by atoms with Gasteiger partial charge in [-0.1, -0.05) is 46.3 Å². The van der Waals surface area contributed by atoms with Crippen molar-refractivity contribution in [3.05, 3.63) is 91.5 Å². The summed E-state index contributed by atoms with van der Waals surface area (Å²) < 4.78 is 30.4. The Balaban J connectivity index is 1.89. The number of rotatable bonds is 7. The lowest BCUT2D eigenvalue weighted by Gasteiger charge is -2.20. The van der Waals surface area contributed by atoms with E-state index in [1.54, 1.807) is 18.2 Å². The highest BCUT2D eigenvalue weighted by Gasteiger charge is 2.26. The first-order valence-electron chi connectivity index (χ1n) is 9.56. The van der Waals surface area contributed by atoms with Gasteiger partial charge in [0.25, 0.3) is 0 Å². The molecule has 0 bridgehead atoms. The van der Waals surface area contributed by atoms with Gasteiger partial charge >= 0.3 is 0 Å². The molecule has 0 radical (unpaired) electrons. The average Bonchev–Trinajstić information content (AvgIpc) is 2.74. The van der Waals surface area contributed by atoms with Crippen LogP contribution in [0.5, 0.6) is 0 Å². The lowest BCUT2D eigenvalue weighted by molar-refractivity contribution is -0.117. The summed E-state index contributed by atoms with van der Waals surface area (Å²) in [5.74, 6) is -0.414. The largest absolute Gasteiger partial charge is 0.324 e. The van der Waals surface area contributed by atoms with Crippen LogP contribution >= 0.6 is 38.5 Å². The van der Waals surface area contributed by atoms with Gasteiger partial charge in [0.2, 0.25) is 15.9 Å². The molecule has 0 saturated carbocycles. The van der Waals surface area contributed by atoms with Crippen LogP contribution in [0.4, 0.5) is 5.69 Å². The van der Waals surface area contributed by atoms with Gasteiger partial charge in [-0.15, -0.1) is 0 Å². The van der Waals surface area contributed by atoms with E-state index in [1.807, 2.05) is 50.2 Å². The molecule has 0 unspecified atom stereocenters. The van der Waals surface area contributed by atoms with E-state index in [9.17, 15) is 13.2 Å². The molecule has 0 heterocycles. The lowest BCUT2D eigenvalue weighted by atomic mass is 10.0. The van der Waals surface area contributed by atoms with Crippen molar-refractivity contribution in [2.24, 2.45) is 0 Å². The first-order valence-corrected chi connectivity index (χ1v) is 12.9. The van der Waals surface area contributed by atoms with Gasteiger partial charge in [0.15, 0.2) is 0 Å². The number of sulfonamides is 1. The molecule has 0 aliphatic rings. The molecule has 3 aromatic carbocycles. The predicted molar refractivity (Wildman–Crippen MR) is 136 cm³/mol. The van der Waals surface area contributed by atoms with Crippen LogP contribution in [0.25, 0.3) is 0 Å². The zero-order valence-corrected chi connectivity index (χ0v) is 21.6. The number of nitrogens with one attached hydrogen (secondary N) is 2.